The first-order chi connectivity index (χ1) is 12.9. The Bertz CT molecular complexity index is 1080. The molecule has 1 saturated heterocycles. The smallest absolute Gasteiger partial charge is 0.276 e. The summed E-state index contributed by atoms with van der Waals surface area (Å²) in [4.78, 5) is 15.3. The van der Waals surface area contributed by atoms with Crippen LogP contribution in [-0.4, -0.2) is 52.6 Å². The lowest BCUT2D eigenvalue weighted by atomic mass is 10.2. The fourth-order valence-electron chi connectivity index (χ4n) is 2.83. The molecule has 1 aromatic heterocycles. The summed E-state index contributed by atoms with van der Waals surface area (Å²) in [5.41, 5.74) is 0.869. The number of hydrogen-bond acceptors (Lipinski definition) is 5. The molecule has 9 heteroatoms. The first-order valence-corrected chi connectivity index (χ1v) is 9.76. The van der Waals surface area contributed by atoms with Crippen LogP contribution < -0.4 is 0 Å². The van der Waals surface area contributed by atoms with E-state index in [1.54, 1.807) is 0 Å². The number of likely N-dealkylation sites (tertiary alicyclic amines) is 1. The zero-order valence-corrected chi connectivity index (χ0v) is 14.9. The molecular weight excluding hydrogens is 371 g/mol. The van der Waals surface area contributed by atoms with Gasteiger partial charge >= 0.3 is 0 Å². The molecule has 1 aliphatic rings. The van der Waals surface area contributed by atoms with Crippen LogP contribution in [0, 0.1) is 5.82 Å². The van der Waals surface area contributed by atoms with Gasteiger partial charge in [-0.25, -0.2) is 12.8 Å². The van der Waals surface area contributed by atoms with Crippen molar-refractivity contribution in [3.05, 3.63) is 72.3 Å². The average Bonchev–Trinajstić information content (AvgIpc) is 3.11. The second-order valence-electron chi connectivity index (χ2n) is 6.19. The highest BCUT2D eigenvalue weighted by molar-refractivity contribution is 7.92. The van der Waals surface area contributed by atoms with Crippen molar-refractivity contribution >= 4 is 15.7 Å². The molecule has 1 aliphatic heterocycles. The van der Waals surface area contributed by atoms with Crippen molar-refractivity contribution in [1.29, 1.82) is 0 Å². The number of sulfone groups is 1. The Morgan fingerprint density at radius 3 is 2.37 bits per heavy atom. The zero-order valence-electron chi connectivity index (χ0n) is 14.1. The quantitative estimate of drug-likeness (QED) is 0.637. The number of para-hydroxylation sites is 1. The maximum atomic E-state index is 13.0. The Morgan fingerprint density at radius 2 is 1.70 bits per heavy atom. The Labute approximate surface area is 155 Å². The van der Waals surface area contributed by atoms with Crippen LogP contribution in [0.15, 0.2) is 65.7 Å². The van der Waals surface area contributed by atoms with E-state index in [2.05, 4.69) is 10.2 Å². The van der Waals surface area contributed by atoms with E-state index in [4.69, 9.17) is 0 Å². The molecule has 0 unspecified atom stereocenters. The van der Waals surface area contributed by atoms with Gasteiger partial charge in [-0.05, 0) is 36.4 Å². The van der Waals surface area contributed by atoms with Crippen molar-refractivity contribution in [3.63, 3.8) is 0 Å². The highest BCUT2D eigenvalue weighted by Gasteiger charge is 2.41. The molecule has 0 aliphatic carbocycles. The fraction of sp³-hybridized carbons (Fsp3) is 0.167. The summed E-state index contributed by atoms with van der Waals surface area (Å²) in [5, 5.41) is 7.53. The van der Waals surface area contributed by atoms with Gasteiger partial charge < -0.3 is 4.90 Å². The van der Waals surface area contributed by atoms with E-state index in [0.717, 1.165) is 17.8 Å². The van der Waals surface area contributed by atoms with E-state index in [9.17, 15) is 17.6 Å². The summed E-state index contributed by atoms with van der Waals surface area (Å²) in [6.45, 7) is 0.132. The first-order valence-electron chi connectivity index (χ1n) is 8.21. The predicted octanol–water partition coefficient (Wildman–Crippen LogP) is 1.70. The number of carbonyl (C=O) groups is 1. The molecule has 0 N–H and O–H groups in total. The van der Waals surface area contributed by atoms with Gasteiger partial charge in [0.15, 0.2) is 15.5 Å². The van der Waals surface area contributed by atoms with Gasteiger partial charge in [0.25, 0.3) is 5.91 Å². The maximum absolute atomic E-state index is 13.0. The summed E-state index contributed by atoms with van der Waals surface area (Å²) in [5.74, 6) is -0.872. The second kappa shape index (κ2) is 6.58. The molecule has 1 amide bonds. The van der Waals surface area contributed by atoms with Crippen LogP contribution in [0.4, 0.5) is 4.39 Å². The van der Waals surface area contributed by atoms with Crippen LogP contribution in [0.25, 0.3) is 5.69 Å². The standard InChI is InChI=1S/C18H15FN4O3S/c19-13-6-8-15(9-7-13)27(25,26)16-11-22(12-16)18(24)17-10-20-23(21-17)14-4-2-1-3-5-14/h1-10,16H,11-12H2. The number of rotatable bonds is 4. The van der Waals surface area contributed by atoms with E-state index < -0.39 is 20.9 Å². The molecule has 0 bridgehead atoms. The van der Waals surface area contributed by atoms with E-state index in [1.807, 2.05) is 30.3 Å². The van der Waals surface area contributed by atoms with Gasteiger partial charge in [0, 0.05) is 13.1 Å². The highest BCUT2D eigenvalue weighted by Crippen LogP contribution is 2.25. The van der Waals surface area contributed by atoms with Crippen molar-refractivity contribution in [2.24, 2.45) is 0 Å². The number of halogens is 1. The van der Waals surface area contributed by atoms with Crippen LogP contribution in [-0.2, 0) is 9.84 Å². The number of nitrogens with zero attached hydrogens (tertiary/aromatic N) is 4. The third-order valence-electron chi connectivity index (χ3n) is 4.41. The van der Waals surface area contributed by atoms with Crippen molar-refractivity contribution in [3.8, 4) is 5.69 Å². The highest BCUT2D eigenvalue weighted by atomic mass is 32.2. The lowest BCUT2D eigenvalue weighted by molar-refractivity contribution is 0.0652. The molecule has 27 heavy (non-hydrogen) atoms. The lowest BCUT2D eigenvalue weighted by Gasteiger charge is -2.38. The SMILES string of the molecule is O=C(c1cnn(-c2ccccc2)n1)N1CC(S(=O)(=O)c2ccc(F)cc2)C1. The van der Waals surface area contributed by atoms with Gasteiger partial charge in [0.2, 0.25) is 0 Å². The fourth-order valence-corrected chi connectivity index (χ4v) is 4.48. The summed E-state index contributed by atoms with van der Waals surface area (Å²) in [6, 6.07) is 13.8. The Hall–Kier alpha value is -3.07. The Kier molecular flexibility index (Phi) is 4.23. The monoisotopic (exact) mass is 386 g/mol. The van der Waals surface area contributed by atoms with E-state index >= 15 is 0 Å². The normalized spacial score (nSPS) is 14.8. The summed E-state index contributed by atoms with van der Waals surface area (Å²) >= 11 is 0. The molecule has 0 radical (unpaired) electrons. The third-order valence-corrected chi connectivity index (χ3v) is 6.52. The second-order valence-corrected chi connectivity index (χ2v) is 8.41. The van der Waals surface area contributed by atoms with Crippen LogP contribution >= 0.6 is 0 Å². The number of amides is 1. The van der Waals surface area contributed by atoms with Gasteiger partial charge in [-0.3, -0.25) is 4.79 Å². The van der Waals surface area contributed by atoms with Crippen molar-refractivity contribution in [1.82, 2.24) is 19.9 Å². The third kappa shape index (κ3) is 3.21. The maximum Gasteiger partial charge on any atom is 0.276 e. The van der Waals surface area contributed by atoms with Crippen molar-refractivity contribution < 1.29 is 17.6 Å². The van der Waals surface area contributed by atoms with E-state index in [1.165, 1.54) is 28.0 Å². The lowest BCUT2D eigenvalue weighted by Crippen LogP contribution is -2.56. The number of carbonyl (C=O) groups excluding carboxylic acids is 1. The predicted molar refractivity (Wildman–Crippen MR) is 94.6 cm³/mol. The Morgan fingerprint density at radius 1 is 1.04 bits per heavy atom. The molecule has 7 nitrogen and oxygen atoms in total. The van der Waals surface area contributed by atoms with Crippen LogP contribution in [0.1, 0.15) is 10.5 Å². The van der Waals surface area contributed by atoms with Gasteiger partial charge in [0.1, 0.15) is 11.1 Å². The average molecular weight is 386 g/mol. The van der Waals surface area contributed by atoms with Crippen molar-refractivity contribution in [2.45, 2.75) is 10.1 Å². The molecule has 0 spiro atoms. The molecule has 3 aromatic rings. The minimum absolute atomic E-state index is 0.0519. The molecule has 2 heterocycles. The molecule has 4 rings (SSSR count). The topological polar surface area (TPSA) is 85.2 Å². The largest absolute Gasteiger partial charge is 0.334 e. The van der Waals surface area contributed by atoms with Gasteiger partial charge in [-0.1, -0.05) is 18.2 Å². The summed E-state index contributed by atoms with van der Waals surface area (Å²) in [6.07, 6.45) is 1.36. The van der Waals surface area contributed by atoms with Crippen LogP contribution in [0.2, 0.25) is 0 Å². The van der Waals surface area contributed by atoms with E-state index in [-0.39, 0.29) is 29.6 Å². The molecule has 138 valence electrons. The van der Waals surface area contributed by atoms with Gasteiger partial charge in [0.05, 0.1) is 16.8 Å². The molecule has 0 atom stereocenters. The van der Waals surface area contributed by atoms with Gasteiger partial charge in [-0.15, -0.1) is 5.10 Å². The molecule has 2 aromatic carbocycles. The Balaban J connectivity index is 1.44. The van der Waals surface area contributed by atoms with Gasteiger partial charge in [-0.2, -0.15) is 9.90 Å². The number of benzene rings is 2. The zero-order chi connectivity index (χ0) is 19.0. The summed E-state index contributed by atoms with van der Waals surface area (Å²) in [7, 11) is -3.61. The number of hydrogen-bond donors (Lipinski definition) is 0. The molecular formula is C18H15FN4O3S. The number of aromatic nitrogens is 3. The molecule has 0 saturated carbocycles. The van der Waals surface area contributed by atoms with Crippen molar-refractivity contribution in [2.75, 3.05) is 13.1 Å². The minimum atomic E-state index is -3.61. The first kappa shape index (κ1) is 17.3. The van der Waals surface area contributed by atoms with Crippen LogP contribution in [0.3, 0.4) is 0 Å². The van der Waals surface area contributed by atoms with Crippen LogP contribution in [0.5, 0.6) is 0 Å². The molecule has 1 fully saturated rings. The minimum Gasteiger partial charge on any atom is -0.334 e. The van der Waals surface area contributed by atoms with E-state index in [0.29, 0.717) is 0 Å². The summed E-state index contributed by atoms with van der Waals surface area (Å²) < 4.78 is 38.0.